The lowest BCUT2D eigenvalue weighted by atomic mass is 10.1. The maximum Gasteiger partial charge on any atom is 0.357 e. The van der Waals surface area contributed by atoms with Gasteiger partial charge >= 0.3 is 5.97 Å². The number of anilines is 1. The Morgan fingerprint density at radius 3 is 2.52 bits per heavy atom. The van der Waals surface area contributed by atoms with Crippen molar-refractivity contribution < 1.29 is 14.7 Å². The van der Waals surface area contributed by atoms with E-state index in [1.54, 1.807) is 23.1 Å². The first-order chi connectivity index (χ1) is 13.0. The normalized spacial score (nSPS) is 15.7. The molecule has 1 aliphatic rings. The number of aromatic nitrogens is 2. The largest absolute Gasteiger partial charge is 0.476 e. The van der Waals surface area contributed by atoms with E-state index in [0.29, 0.717) is 0 Å². The third-order valence-corrected chi connectivity index (χ3v) is 4.83. The van der Waals surface area contributed by atoms with Crippen molar-refractivity contribution in [2.45, 2.75) is 25.9 Å². The molecule has 0 bridgehead atoms. The Balaban J connectivity index is 1.76. The van der Waals surface area contributed by atoms with Crippen molar-refractivity contribution in [1.82, 2.24) is 9.78 Å². The Bertz CT molecular complexity index is 1140. The van der Waals surface area contributed by atoms with E-state index in [1.165, 1.54) is 6.07 Å². The number of benzene rings is 2. The van der Waals surface area contributed by atoms with Crippen LogP contribution in [0.4, 0.5) is 5.69 Å². The van der Waals surface area contributed by atoms with E-state index in [-0.39, 0.29) is 35.0 Å². The highest BCUT2D eigenvalue weighted by Gasteiger charge is 2.31. The van der Waals surface area contributed by atoms with Gasteiger partial charge in [0.15, 0.2) is 5.69 Å². The average molecular weight is 363 g/mol. The zero-order chi connectivity index (χ0) is 19.1. The Morgan fingerprint density at radius 2 is 1.78 bits per heavy atom. The summed E-state index contributed by atoms with van der Waals surface area (Å²) in [6, 6.07) is 14.0. The van der Waals surface area contributed by atoms with Crippen molar-refractivity contribution in [2.75, 3.05) is 4.90 Å². The maximum atomic E-state index is 12.9. The van der Waals surface area contributed by atoms with Crippen LogP contribution in [0, 0.1) is 0 Å². The van der Waals surface area contributed by atoms with Crippen molar-refractivity contribution in [1.29, 1.82) is 0 Å². The summed E-state index contributed by atoms with van der Waals surface area (Å²) in [4.78, 5) is 38.9. The molecule has 1 N–H and O–H groups in total. The summed E-state index contributed by atoms with van der Waals surface area (Å²) in [7, 11) is 0. The van der Waals surface area contributed by atoms with Crippen LogP contribution in [-0.2, 0) is 17.8 Å². The van der Waals surface area contributed by atoms with Crippen LogP contribution in [0.25, 0.3) is 10.8 Å². The van der Waals surface area contributed by atoms with Gasteiger partial charge in [0.2, 0.25) is 5.91 Å². The maximum absolute atomic E-state index is 12.9. The van der Waals surface area contributed by atoms with Crippen molar-refractivity contribution in [3.05, 3.63) is 70.1 Å². The van der Waals surface area contributed by atoms with Gasteiger partial charge in [-0.15, -0.1) is 0 Å². The zero-order valence-electron chi connectivity index (χ0n) is 14.6. The number of fused-ring (bicyclic) bond motifs is 2. The number of hydrogen-bond donors (Lipinski definition) is 1. The molecule has 1 aliphatic heterocycles. The van der Waals surface area contributed by atoms with Crippen molar-refractivity contribution >= 4 is 28.3 Å². The van der Waals surface area contributed by atoms with Gasteiger partial charge in [0.05, 0.1) is 5.39 Å². The second-order valence-electron chi connectivity index (χ2n) is 6.61. The highest BCUT2D eigenvalue weighted by atomic mass is 16.4. The molecule has 7 nitrogen and oxygen atoms in total. The average Bonchev–Trinajstić information content (AvgIpc) is 2.99. The molecule has 1 amide bonds. The van der Waals surface area contributed by atoms with Crippen LogP contribution in [0.1, 0.15) is 23.0 Å². The summed E-state index contributed by atoms with van der Waals surface area (Å²) < 4.78 is 0.946. The third-order valence-electron chi connectivity index (χ3n) is 4.83. The fraction of sp³-hybridized carbons (Fsp3) is 0.200. The summed E-state index contributed by atoms with van der Waals surface area (Å²) in [6.45, 7) is 1.62. The first-order valence-corrected chi connectivity index (χ1v) is 8.60. The predicted molar refractivity (Wildman–Crippen MR) is 100 cm³/mol. The van der Waals surface area contributed by atoms with Crippen LogP contribution in [0.15, 0.2) is 53.3 Å². The molecule has 2 heterocycles. The first kappa shape index (κ1) is 17.0. The van der Waals surface area contributed by atoms with E-state index in [1.807, 2.05) is 31.2 Å². The Labute approximate surface area is 154 Å². The van der Waals surface area contributed by atoms with Gasteiger partial charge in [-0.2, -0.15) is 5.10 Å². The Hall–Kier alpha value is -3.48. The Kier molecular flexibility index (Phi) is 3.99. The number of nitrogens with zero attached hydrogens (tertiary/aromatic N) is 3. The molecule has 0 saturated carbocycles. The van der Waals surface area contributed by atoms with E-state index in [4.69, 9.17) is 0 Å². The number of carboxylic acids is 1. The van der Waals surface area contributed by atoms with Gasteiger partial charge in [-0.1, -0.05) is 36.4 Å². The van der Waals surface area contributed by atoms with Crippen LogP contribution in [-0.4, -0.2) is 32.8 Å². The van der Waals surface area contributed by atoms with Crippen molar-refractivity contribution in [3.8, 4) is 0 Å². The minimum Gasteiger partial charge on any atom is -0.476 e. The molecule has 0 spiro atoms. The molecule has 0 fully saturated rings. The molecule has 0 saturated heterocycles. The molecule has 2 aromatic carbocycles. The highest BCUT2D eigenvalue weighted by molar-refractivity contribution is 6.01. The molecule has 0 aliphatic carbocycles. The molecule has 7 heteroatoms. The number of hydrogen-bond acceptors (Lipinski definition) is 4. The van der Waals surface area contributed by atoms with Gasteiger partial charge in [-0.05, 0) is 31.0 Å². The number of carbonyl (C=O) groups is 2. The van der Waals surface area contributed by atoms with Crippen LogP contribution < -0.4 is 10.5 Å². The van der Waals surface area contributed by atoms with Gasteiger partial charge in [0.25, 0.3) is 5.56 Å². The molecule has 1 aromatic heterocycles. The molecule has 136 valence electrons. The fourth-order valence-corrected chi connectivity index (χ4v) is 3.65. The van der Waals surface area contributed by atoms with Gasteiger partial charge < -0.3 is 10.0 Å². The van der Waals surface area contributed by atoms with E-state index in [9.17, 15) is 19.5 Å². The smallest absolute Gasteiger partial charge is 0.357 e. The minimum atomic E-state index is -1.24. The molecular formula is C20H17N3O4. The van der Waals surface area contributed by atoms with Crippen LogP contribution in [0.5, 0.6) is 0 Å². The number of aromatic carboxylic acids is 1. The topological polar surface area (TPSA) is 92.5 Å². The van der Waals surface area contributed by atoms with E-state index < -0.39 is 11.5 Å². The van der Waals surface area contributed by atoms with Crippen LogP contribution >= 0.6 is 0 Å². The number of para-hydroxylation sites is 1. The lowest BCUT2D eigenvalue weighted by molar-refractivity contribution is -0.119. The number of amides is 1. The summed E-state index contributed by atoms with van der Waals surface area (Å²) >= 11 is 0. The highest BCUT2D eigenvalue weighted by Crippen LogP contribution is 2.31. The first-order valence-electron chi connectivity index (χ1n) is 8.60. The lowest BCUT2D eigenvalue weighted by Crippen LogP contribution is -2.41. The van der Waals surface area contributed by atoms with Gasteiger partial charge in [0.1, 0.15) is 6.54 Å². The standard InChI is InChI=1S/C20H17N3O4/c1-12-10-13-6-2-5-9-16(13)23(12)17(24)11-22-19(25)15-8-4-3-7-14(15)18(21-22)20(26)27/h2-9,12H,10-11H2,1H3,(H,26,27)/t12-/m0/s1. The van der Waals surface area contributed by atoms with Gasteiger partial charge in [-0.3, -0.25) is 9.59 Å². The fourth-order valence-electron chi connectivity index (χ4n) is 3.65. The van der Waals surface area contributed by atoms with E-state index >= 15 is 0 Å². The second kappa shape index (κ2) is 6.35. The number of carboxylic acid groups (broad SMARTS) is 1. The summed E-state index contributed by atoms with van der Waals surface area (Å²) in [5, 5.41) is 13.9. The summed E-state index contributed by atoms with van der Waals surface area (Å²) in [5.74, 6) is -1.54. The van der Waals surface area contributed by atoms with E-state index in [0.717, 1.165) is 22.4 Å². The third kappa shape index (κ3) is 2.77. The molecule has 27 heavy (non-hydrogen) atoms. The van der Waals surface area contributed by atoms with Crippen molar-refractivity contribution in [3.63, 3.8) is 0 Å². The lowest BCUT2D eigenvalue weighted by Gasteiger charge is -2.23. The van der Waals surface area contributed by atoms with Crippen molar-refractivity contribution in [2.24, 2.45) is 0 Å². The molecule has 0 radical (unpaired) electrons. The number of rotatable bonds is 3. The number of carbonyl (C=O) groups excluding carboxylic acids is 1. The molecule has 3 aromatic rings. The van der Waals surface area contributed by atoms with Gasteiger partial charge in [-0.25, -0.2) is 9.48 Å². The quantitative estimate of drug-likeness (QED) is 0.769. The van der Waals surface area contributed by atoms with E-state index in [2.05, 4.69) is 5.10 Å². The van der Waals surface area contributed by atoms with Crippen LogP contribution in [0.2, 0.25) is 0 Å². The molecule has 0 unspecified atom stereocenters. The predicted octanol–water partition coefficient (Wildman–Crippen LogP) is 2.07. The molecule has 4 rings (SSSR count). The molecular weight excluding hydrogens is 346 g/mol. The SMILES string of the molecule is C[C@H]1Cc2ccccc2N1C(=O)Cn1nc(C(=O)O)c2ccccc2c1=O. The Morgan fingerprint density at radius 1 is 1.11 bits per heavy atom. The zero-order valence-corrected chi connectivity index (χ0v) is 14.6. The van der Waals surface area contributed by atoms with Gasteiger partial charge in [0, 0.05) is 17.1 Å². The summed E-state index contributed by atoms with van der Waals surface area (Å²) in [5.41, 5.74) is 1.17. The second-order valence-corrected chi connectivity index (χ2v) is 6.61. The monoisotopic (exact) mass is 363 g/mol. The minimum absolute atomic E-state index is 0.0370. The van der Waals surface area contributed by atoms with Crippen LogP contribution in [0.3, 0.4) is 0 Å². The summed E-state index contributed by atoms with van der Waals surface area (Å²) in [6.07, 6.45) is 0.738. The molecule has 1 atom stereocenters.